The summed E-state index contributed by atoms with van der Waals surface area (Å²) in [7, 11) is 1.38. The molecule has 0 aromatic heterocycles. The van der Waals surface area contributed by atoms with Gasteiger partial charge in [0.1, 0.15) is 24.0 Å². The number of fused-ring (bicyclic) bond motifs is 1. The van der Waals surface area contributed by atoms with Crippen molar-refractivity contribution in [2.24, 2.45) is 0 Å². The Morgan fingerprint density at radius 3 is 2.74 bits per heavy atom. The van der Waals surface area contributed by atoms with E-state index >= 15 is 0 Å². The van der Waals surface area contributed by atoms with Gasteiger partial charge in [-0.1, -0.05) is 18.2 Å². The van der Waals surface area contributed by atoms with Crippen molar-refractivity contribution in [3.63, 3.8) is 0 Å². The number of hydrogen-bond donors (Lipinski definition) is 0. The van der Waals surface area contributed by atoms with Crippen LogP contribution < -0.4 is 4.74 Å². The van der Waals surface area contributed by atoms with Crippen LogP contribution in [0.2, 0.25) is 0 Å². The summed E-state index contributed by atoms with van der Waals surface area (Å²) in [4.78, 5) is 25.3. The summed E-state index contributed by atoms with van der Waals surface area (Å²) in [6, 6.07) is 9.49. The number of ether oxygens (including phenoxy) is 1. The molecule has 0 atom stereocenters. The third-order valence-corrected chi connectivity index (χ3v) is 3.93. The molecule has 1 aromatic carbocycles. The maximum absolute atomic E-state index is 12.4. The molecule has 0 N–H and O–H groups in total. The number of para-hydroxylation sites is 1. The van der Waals surface area contributed by atoms with E-state index in [2.05, 4.69) is 0 Å². The van der Waals surface area contributed by atoms with Crippen LogP contribution in [0.25, 0.3) is 6.08 Å². The SMILES string of the molecule is CC1=C(C#N)C(=O)N(C)C(=O)C1=CC1=Cc2ccccc2OC1. The maximum Gasteiger partial charge on any atom is 0.271 e. The molecule has 1 aromatic rings. The fraction of sp³-hybridized carbons (Fsp3) is 0.167. The minimum absolute atomic E-state index is 0.00363. The zero-order valence-corrected chi connectivity index (χ0v) is 12.8. The van der Waals surface area contributed by atoms with Gasteiger partial charge in [0, 0.05) is 18.2 Å². The summed E-state index contributed by atoms with van der Waals surface area (Å²) < 4.78 is 5.66. The topological polar surface area (TPSA) is 70.4 Å². The Labute approximate surface area is 133 Å². The number of imide groups is 1. The van der Waals surface area contributed by atoms with Crippen LogP contribution in [0, 0.1) is 11.3 Å². The minimum Gasteiger partial charge on any atom is -0.488 e. The lowest BCUT2D eigenvalue weighted by Gasteiger charge is -2.24. The van der Waals surface area contributed by atoms with Crippen LogP contribution in [-0.4, -0.2) is 30.4 Å². The van der Waals surface area contributed by atoms with Crippen molar-refractivity contribution in [3.05, 3.63) is 58.2 Å². The largest absolute Gasteiger partial charge is 0.488 e. The molecule has 2 amide bonds. The van der Waals surface area contributed by atoms with Crippen LogP contribution in [-0.2, 0) is 9.59 Å². The Morgan fingerprint density at radius 2 is 2.00 bits per heavy atom. The third kappa shape index (κ3) is 2.44. The number of carbonyl (C=O) groups excluding carboxylic acids is 2. The number of amides is 2. The quantitative estimate of drug-likeness (QED) is 0.589. The monoisotopic (exact) mass is 306 g/mol. The predicted molar refractivity (Wildman–Crippen MR) is 84.1 cm³/mol. The maximum atomic E-state index is 12.4. The molecule has 0 unspecified atom stereocenters. The summed E-state index contributed by atoms with van der Waals surface area (Å²) in [5, 5.41) is 9.16. The lowest BCUT2D eigenvalue weighted by molar-refractivity contribution is -0.138. The van der Waals surface area contributed by atoms with Crippen molar-refractivity contribution in [2.45, 2.75) is 6.92 Å². The lowest BCUT2D eigenvalue weighted by Crippen LogP contribution is -2.39. The van der Waals surface area contributed by atoms with Gasteiger partial charge in [0.2, 0.25) is 0 Å². The highest BCUT2D eigenvalue weighted by Gasteiger charge is 2.33. The molecule has 0 saturated carbocycles. The van der Waals surface area contributed by atoms with Crippen LogP contribution in [0.5, 0.6) is 5.75 Å². The van der Waals surface area contributed by atoms with E-state index in [1.807, 2.05) is 36.4 Å². The van der Waals surface area contributed by atoms with Crippen molar-refractivity contribution < 1.29 is 14.3 Å². The van der Waals surface area contributed by atoms with Crippen LogP contribution in [0.3, 0.4) is 0 Å². The Bertz CT molecular complexity index is 853. The van der Waals surface area contributed by atoms with Gasteiger partial charge in [-0.3, -0.25) is 14.5 Å². The molecule has 5 nitrogen and oxygen atoms in total. The van der Waals surface area contributed by atoms with Gasteiger partial charge in [0.25, 0.3) is 11.8 Å². The first-order chi connectivity index (χ1) is 11.0. The molecular weight excluding hydrogens is 292 g/mol. The molecule has 0 fully saturated rings. The van der Waals surface area contributed by atoms with Gasteiger partial charge in [-0.05, 0) is 36.3 Å². The fourth-order valence-electron chi connectivity index (χ4n) is 2.60. The molecule has 114 valence electrons. The van der Waals surface area contributed by atoms with Gasteiger partial charge in [-0.2, -0.15) is 5.26 Å². The number of nitriles is 1. The fourth-order valence-corrected chi connectivity index (χ4v) is 2.60. The second-order valence-electron chi connectivity index (χ2n) is 5.38. The van der Waals surface area contributed by atoms with E-state index in [0.717, 1.165) is 21.8 Å². The van der Waals surface area contributed by atoms with Crippen LogP contribution in [0.4, 0.5) is 0 Å². The van der Waals surface area contributed by atoms with Crippen LogP contribution >= 0.6 is 0 Å². The van der Waals surface area contributed by atoms with Crippen molar-refractivity contribution in [1.29, 1.82) is 5.26 Å². The van der Waals surface area contributed by atoms with E-state index in [9.17, 15) is 9.59 Å². The summed E-state index contributed by atoms with van der Waals surface area (Å²) >= 11 is 0. The highest BCUT2D eigenvalue weighted by atomic mass is 16.5. The summed E-state index contributed by atoms with van der Waals surface area (Å²) in [5.74, 6) is -0.181. The number of carbonyl (C=O) groups is 2. The predicted octanol–water partition coefficient (Wildman–Crippen LogP) is 2.23. The standard InChI is InChI=1S/C18H14N2O3/c1-11-14(17(21)20(2)18(22)15(11)9-19)8-12-7-13-5-3-4-6-16(13)23-10-12/h3-8H,10H2,1-2H3. The van der Waals surface area contributed by atoms with Gasteiger partial charge in [0.15, 0.2) is 0 Å². The van der Waals surface area contributed by atoms with Gasteiger partial charge in [-0.15, -0.1) is 0 Å². The highest BCUT2D eigenvalue weighted by molar-refractivity contribution is 6.18. The Kier molecular flexibility index (Phi) is 3.59. The van der Waals surface area contributed by atoms with Crippen LogP contribution in [0.1, 0.15) is 12.5 Å². The normalized spacial score (nSPS) is 19.3. The molecule has 2 heterocycles. The number of nitrogens with zero attached hydrogens (tertiary/aromatic N) is 2. The van der Waals surface area contributed by atoms with E-state index in [-0.39, 0.29) is 5.57 Å². The van der Waals surface area contributed by atoms with E-state index in [4.69, 9.17) is 10.00 Å². The second kappa shape index (κ2) is 5.58. The molecule has 0 aliphatic carbocycles. The van der Waals surface area contributed by atoms with E-state index < -0.39 is 11.8 Å². The molecule has 0 spiro atoms. The van der Waals surface area contributed by atoms with Crippen molar-refractivity contribution >= 4 is 17.9 Å². The Balaban J connectivity index is 2.08. The van der Waals surface area contributed by atoms with Crippen molar-refractivity contribution in [2.75, 3.05) is 13.7 Å². The van der Waals surface area contributed by atoms with Crippen LogP contribution in [0.15, 0.2) is 52.6 Å². The summed E-state index contributed by atoms with van der Waals surface area (Å²) in [6.07, 6.45) is 3.63. The molecule has 3 rings (SSSR count). The van der Waals surface area contributed by atoms with E-state index in [1.165, 1.54) is 7.05 Å². The van der Waals surface area contributed by atoms with Crippen molar-refractivity contribution in [3.8, 4) is 11.8 Å². The van der Waals surface area contributed by atoms with Gasteiger partial charge in [-0.25, -0.2) is 0 Å². The van der Waals surface area contributed by atoms with Gasteiger partial charge in [0.05, 0.1) is 0 Å². The minimum atomic E-state index is -0.564. The first-order valence-electron chi connectivity index (χ1n) is 7.10. The Morgan fingerprint density at radius 1 is 1.26 bits per heavy atom. The molecule has 23 heavy (non-hydrogen) atoms. The molecule has 5 heteroatoms. The third-order valence-electron chi connectivity index (χ3n) is 3.93. The number of benzene rings is 1. The Hall–Kier alpha value is -3.13. The molecular formula is C18H14N2O3. The molecule has 2 aliphatic rings. The zero-order chi connectivity index (χ0) is 16.6. The van der Waals surface area contributed by atoms with Gasteiger partial charge < -0.3 is 4.74 Å². The van der Waals surface area contributed by atoms with Gasteiger partial charge >= 0.3 is 0 Å². The average molecular weight is 306 g/mol. The number of rotatable bonds is 1. The lowest BCUT2D eigenvalue weighted by atomic mass is 9.93. The highest BCUT2D eigenvalue weighted by Crippen LogP contribution is 2.29. The zero-order valence-electron chi connectivity index (χ0n) is 12.8. The van der Waals surface area contributed by atoms with Crippen molar-refractivity contribution in [1.82, 2.24) is 4.90 Å². The first kappa shape index (κ1) is 14.8. The van der Waals surface area contributed by atoms with E-state index in [0.29, 0.717) is 17.8 Å². The number of likely N-dealkylation sites (N-methyl/N-ethyl adjacent to an activating group) is 1. The molecule has 0 saturated heterocycles. The van der Waals surface area contributed by atoms with E-state index in [1.54, 1.807) is 13.0 Å². The molecule has 2 aliphatic heterocycles. The first-order valence-corrected chi connectivity index (χ1v) is 7.10. The second-order valence-corrected chi connectivity index (χ2v) is 5.38. The summed E-state index contributed by atoms with van der Waals surface area (Å²) in [6.45, 7) is 1.95. The molecule has 0 bridgehead atoms. The smallest absolute Gasteiger partial charge is 0.271 e. The number of hydrogen-bond acceptors (Lipinski definition) is 4. The average Bonchev–Trinajstić information content (AvgIpc) is 2.57. The molecule has 0 radical (unpaired) electrons. The summed E-state index contributed by atoms with van der Waals surface area (Å²) in [5.41, 5.74) is 2.49.